The third kappa shape index (κ3) is 3.48. The number of nitrogens with one attached hydrogen (secondary N) is 1. The highest BCUT2D eigenvalue weighted by molar-refractivity contribution is 7.18. The summed E-state index contributed by atoms with van der Waals surface area (Å²) in [6.07, 6.45) is 3.29. The topological polar surface area (TPSA) is 92.8 Å². The molecule has 7 nitrogen and oxygen atoms in total. The van der Waals surface area contributed by atoms with Crippen LogP contribution in [0, 0.1) is 5.92 Å². The first-order chi connectivity index (χ1) is 12.3. The van der Waals surface area contributed by atoms with Crippen LogP contribution in [0.15, 0.2) is 12.1 Å². The fourth-order valence-corrected chi connectivity index (χ4v) is 4.46. The Balaban J connectivity index is 1.58. The molecule has 0 bridgehead atoms. The number of urea groups is 1. The van der Waals surface area contributed by atoms with E-state index in [2.05, 4.69) is 5.32 Å². The average Bonchev–Trinajstić information content (AvgIpc) is 3.13. The summed E-state index contributed by atoms with van der Waals surface area (Å²) in [7, 11) is 0. The van der Waals surface area contributed by atoms with Crippen LogP contribution in [0.1, 0.15) is 42.3 Å². The van der Waals surface area contributed by atoms with E-state index in [0.29, 0.717) is 15.6 Å². The SMILES string of the molecule is C[C@@H]1CCCC[C@]12NC(=O)N(CC(=O)OCC(=O)c1ccc(Cl)s1)C2=O. The smallest absolute Gasteiger partial charge is 0.326 e. The Morgan fingerprint density at radius 1 is 1.38 bits per heavy atom. The molecule has 1 saturated carbocycles. The van der Waals surface area contributed by atoms with E-state index in [0.717, 1.165) is 35.5 Å². The van der Waals surface area contributed by atoms with Gasteiger partial charge in [0.15, 0.2) is 6.61 Å². The monoisotopic (exact) mass is 398 g/mol. The van der Waals surface area contributed by atoms with Gasteiger partial charge in [0.05, 0.1) is 9.21 Å². The second kappa shape index (κ2) is 7.36. The van der Waals surface area contributed by atoms with E-state index in [1.165, 1.54) is 0 Å². The number of ether oxygens (including phenoxy) is 1. The van der Waals surface area contributed by atoms with Crippen molar-refractivity contribution in [2.24, 2.45) is 5.92 Å². The van der Waals surface area contributed by atoms with Crippen LogP contribution < -0.4 is 5.32 Å². The highest BCUT2D eigenvalue weighted by Crippen LogP contribution is 2.38. The van der Waals surface area contributed by atoms with Crippen molar-refractivity contribution in [2.45, 2.75) is 38.1 Å². The van der Waals surface area contributed by atoms with Crippen molar-refractivity contribution in [3.63, 3.8) is 0 Å². The Kier molecular flexibility index (Phi) is 5.34. The van der Waals surface area contributed by atoms with Crippen LogP contribution in [0.2, 0.25) is 4.34 Å². The molecule has 2 heterocycles. The van der Waals surface area contributed by atoms with Crippen molar-refractivity contribution in [2.75, 3.05) is 13.2 Å². The van der Waals surface area contributed by atoms with Crippen LogP contribution in [0.5, 0.6) is 0 Å². The second-order valence-corrected chi connectivity index (χ2v) is 8.34. The second-order valence-electron chi connectivity index (χ2n) is 6.63. The number of Topliss-reactive ketones (excluding diaryl/α,β-unsaturated/α-hetero) is 1. The molecule has 2 atom stereocenters. The quantitative estimate of drug-likeness (QED) is 0.467. The predicted octanol–water partition coefficient (Wildman–Crippen LogP) is 2.63. The molecule has 2 fully saturated rings. The molecule has 9 heteroatoms. The van der Waals surface area contributed by atoms with Gasteiger partial charge in [0.1, 0.15) is 12.1 Å². The summed E-state index contributed by atoms with van der Waals surface area (Å²) in [4.78, 5) is 50.2. The fourth-order valence-electron chi connectivity index (χ4n) is 3.50. The average molecular weight is 399 g/mol. The number of carbonyl (C=O) groups excluding carboxylic acids is 4. The van der Waals surface area contributed by atoms with Gasteiger partial charge in [-0.2, -0.15) is 0 Å². The van der Waals surface area contributed by atoms with E-state index in [-0.39, 0.29) is 17.6 Å². The van der Waals surface area contributed by atoms with Crippen LogP contribution in [0.25, 0.3) is 0 Å². The minimum atomic E-state index is -0.918. The first kappa shape index (κ1) is 18.8. The molecule has 26 heavy (non-hydrogen) atoms. The van der Waals surface area contributed by atoms with E-state index >= 15 is 0 Å². The van der Waals surface area contributed by atoms with Gasteiger partial charge in [-0.1, -0.05) is 31.4 Å². The van der Waals surface area contributed by atoms with E-state index in [1.54, 1.807) is 12.1 Å². The van der Waals surface area contributed by atoms with E-state index in [9.17, 15) is 19.2 Å². The molecular weight excluding hydrogens is 380 g/mol. The molecule has 1 aliphatic heterocycles. The van der Waals surface area contributed by atoms with Gasteiger partial charge in [-0.05, 0) is 30.9 Å². The van der Waals surface area contributed by atoms with E-state index in [4.69, 9.17) is 16.3 Å². The molecule has 1 N–H and O–H groups in total. The molecule has 0 radical (unpaired) electrons. The number of ketones is 1. The number of esters is 1. The maximum absolute atomic E-state index is 12.8. The molecule has 3 amide bonds. The number of thiophene rings is 1. The summed E-state index contributed by atoms with van der Waals surface area (Å²) < 4.78 is 5.39. The lowest BCUT2D eigenvalue weighted by atomic mass is 9.73. The molecule has 3 rings (SSSR count). The zero-order valence-corrected chi connectivity index (χ0v) is 15.8. The largest absolute Gasteiger partial charge is 0.456 e. The van der Waals surface area contributed by atoms with Gasteiger partial charge in [0.25, 0.3) is 5.91 Å². The molecule has 1 aromatic heterocycles. The van der Waals surface area contributed by atoms with Crippen LogP contribution in [0.4, 0.5) is 4.79 Å². The van der Waals surface area contributed by atoms with Crippen molar-refractivity contribution in [1.82, 2.24) is 10.2 Å². The fraction of sp³-hybridized carbons (Fsp3) is 0.529. The third-order valence-corrected chi connectivity index (χ3v) is 6.27. The zero-order valence-electron chi connectivity index (χ0n) is 14.2. The highest BCUT2D eigenvalue weighted by atomic mass is 35.5. The molecule has 1 spiro atoms. The van der Waals surface area contributed by atoms with Gasteiger partial charge in [-0.25, -0.2) is 4.79 Å². The number of halogens is 1. The number of rotatable bonds is 5. The Morgan fingerprint density at radius 2 is 2.15 bits per heavy atom. The van der Waals surface area contributed by atoms with Crippen molar-refractivity contribution in [3.05, 3.63) is 21.3 Å². The minimum Gasteiger partial charge on any atom is -0.456 e. The van der Waals surface area contributed by atoms with Gasteiger partial charge in [-0.15, -0.1) is 11.3 Å². The molecule has 2 aliphatic rings. The van der Waals surface area contributed by atoms with Gasteiger partial charge in [0.2, 0.25) is 5.78 Å². The number of imide groups is 1. The van der Waals surface area contributed by atoms with Gasteiger partial charge >= 0.3 is 12.0 Å². The lowest BCUT2D eigenvalue weighted by molar-refractivity contribution is -0.147. The Morgan fingerprint density at radius 3 is 2.81 bits per heavy atom. The first-order valence-corrected chi connectivity index (χ1v) is 9.61. The Hall–Kier alpha value is -1.93. The predicted molar refractivity (Wildman–Crippen MR) is 95.2 cm³/mol. The number of carbonyl (C=O) groups is 4. The number of nitrogens with zero attached hydrogens (tertiary/aromatic N) is 1. The van der Waals surface area contributed by atoms with Crippen LogP contribution in [0.3, 0.4) is 0 Å². The number of hydrogen-bond acceptors (Lipinski definition) is 6. The van der Waals surface area contributed by atoms with Crippen molar-refractivity contribution in [1.29, 1.82) is 0 Å². The summed E-state index contributed by atoms with van der Waals surface area (Å²) in [5.41, 5.74) is -0.918. The summed E-state index contributed by atoms with van der Waals surface area (Å²) in [5, 5.41) is 2.77. The first-order valence-electron chi connectivity index (χ1n) is 8.42. The summed E-state index contributed by atoms with van der Waals surface area (Å²) in [6, 6.07) is 2.55. The van der Waals surface area contributed by atoms with Crippen LogP contribution in [-0.2, 0) is 14.3 Å². The molecule has 1 aromatic rings. The maximum atomic E-state index is 12.8. The van der Waals surface area contributed by atoms with Gasteiger partial charge in [0, 0.05) is 0 Å². The van der Waals surface area contributed by atoms with Crippen LogP contribution >= 0.6 is 22.9 Å². The molecule has 0 aromatic carbocycles. The maximum Gasteiger partial charge on any atom is 0.326 e. The van der Waals surface area contributed by atoms with Crippen molar-refractivity contribution >= 4 is 46.6 Å². The lowest BCUT2D eigenvalue weighted by Gasteiger charge is -2.36. The normalized spacial score (nSPS) is 25.5. The zero-order chi connectivity index (χ0) is 18.9. The highest BCUT2D eigenvalue weighted by Gasteiger charge is 2.55. The number of hydrogen-bond donors (Lipinski definition) is 1. The summed E-state index contributed by atoms with van der Waals surface area (Å²) in [6.45, 7) is 0.975. The molecule has 1 aliphatic carbocycles. The standard InChI is InChI=1S/C17H19ClN2O5S/c1-10-4-2-3-7-17(10)15(23)20(16(24)19-17)8-14(22)25-9-11(21)12-5-6-13(18)26-12/h5-6,10H,2-4,7-9H2,1H3,(H,19,24)/t10-,17+/m1/s1. The lowest BCUT2D eigenvalue weighted by Crippen LogP contribution is -2.54. The van der Waals surface area contributed by atoms with Crippen molar-refractivity contribution in [3.8, 4) is 0 Å². The Labute approximate surface area is 159 Å². The summed E-state index contributed by atoms with van der Waals surface area (Å²) >= 11 is 6.86. The van der Waals surface area contributed by atoms with E-state index in [1.807, 2.05) is 6.92 Å². The van der Waals surface area contributed by atoms with Gasteiger partial charge < -0.3 is 10.1 Å². The van der Waals surface area contributed by atoms with Crippen LogP contribution in [-0.4, -0.2) is 47.3 Å². The van der Waals surface area contributed by atoms with Crippen molar-refractivity contribution < 1.29 is 23.9 Å². The summed E-state index contributed by atoms with van der Waals surface area (Å²) in [5.74, 6) is -1.56. The Bertz CT molecular complexity index is 764. The molecular formula is C17H19ClN2O5S. The molecule has 0 unspecified atom stereocenters. The molecule has 1 saturated heterocycles. The van der Waals surface area contributed by atoms with Gasteiger partial charge in [-0.3, -0.25) is 19.3 Å². The minimum absolute atomic E-state index is 0.0128. The number of amides is 3. The third-order valence-electron chi connectivity index (χ3n) is 5.00. The molecule has 140 valence electrons. The van der Waals surface area contributed by atoms with E-state index < -0.39 is 30.7 Å².